The molecule has 0 heterocycles. The predicted molar refractivity (Wildman–Crippen MR) is 85.0 cm³/mol. The summed E-state index contributed by atoms with van der Waals surface area (Å²) in [6.07, 6.45) is 3.88. The molecule has 0 aliphatic heterocycles. The largest absolute Gasteiger partial charge is 0.312 e. The molecule has 2 aromatic carbocycles. The maximum atomic E-state index is 3.60. The van der Waals surface area contributed by atoms with Gasteiger partial charge in [-0.25, -0.2) is 0 Å². The summed E-state index contributed by atoms with van der Waals surface area (Å²) >= 11 is 0. The number of likely N-dealkylation sites (N-methyl/N-ethyl adjacent to an activating group) is 1. The Morgan fingerprint density at radius 3 is 2.15 bits per heavy atom. The Morgan fingerprint density at radius 2 is 1.60 bits per heavy atom. The van der Waals surface area contributed by atoms with Crippen molar-refractivity contribution in [3.05, 3.63) is 71.3 Å². The van der Waals surface area contributed by atoms with Crippen molar-refractivity contribution >= 4 is 0 Å². The van der Waals surface area contributed by atoms with E-state index in [9.17, 15) is 0 Å². The summed E-state index contributed by atoms with van der Waals surface area (Å²) in [5.41, 5.74) is 4.57. The molecule has 1 unspecified atom stereocenters. The van der Waals surface area contributed by atoms with Gasteiger partial charge in [-0.2, -0.15) is 0 Å². The first-order chi connectivity index (χ1) is 9.78. The molecular weight excluding hydrogens is 242 g/mol. The van der Waals surface area contributed by atoms with E-state index < -0.39 is 0 Å². The Bertz CT molecular complexity index is 569. The zero-order chi connectivity index (χ0) is 14.0. The highest BCUT2D eigenvalue weighted by Gasteiger charge is 2.45. The van der Waals surface area contributed by atoms with Gasteiger partial charge >= 0.3 is 0 Å². The summed E-state index contributed by atoms with van der Waals surface area (Å²) in [7, 11) is 2.10. The van der Waals surface area contributed by atoms with Crippen LogP contribution in [0.3, 0.4) is 0 Å². The van der Waals surface area contributed by atoms with E-state index in [4.69, 9.17) is 0 Å². The van der Waals surface area contributed by atoms with Crippen LogP contribution in [0.1, 0.15) is 42.0 Å². The molecule has 1 fully saturated rings. The number of aryl methyl sites for hydroxylation is 1. The summed E-state index contributed by atoms with van der Waals surface area (Å²) in [6, 6.07) is 20.2. The van der Waals surface area contributed by atoms with E-state index in [-0.39, 0.29) is 5.41 Å². The van der Waals surface area contributed by atoms with Gasteiger partial charge in [0.25, 0.3) is 0 Å². The SMILES string of the molecule is CNC(c1ccccc1C)C1(c2ccccc2)CCC1. The van der Waals surface area contributed by atoms with Crippen LogP contribution < -0.4 is 5.32 Å². The minimum absolute atomic E-state index is 0.266. The van der Waals surface area contributed by atoms with Gasteiger partial charge in [0, 0.05) is 11.5 Å². The van der Waals surface area contributed by atoms with Gasteiger partial charge in [-0.3, -0.25) is 0 Å². The van der Waals surface area contributed by atoms with Crippen molar-refractivity contribution in [2.75, 3.05) is 7.05 Å². The fourth-order valence-electron chi connectivity index (χ4n) is 3.71. The number of nitrogens with one attached hydrogen (secondary N) is 1. The molecule has 3 rings (SSSR count). The van der Waals surface area contributed by atoms with Crippen LogP contribution in [0, 0.1) is 6.92 Å². The molecule has 1 heteroatoms. The van der Waals surface area contributed by atoms with Gasteiger partial charge in [0.05, 0.1) is 0 Å². The van der Waals surface area contributed by atoms with Crippen LogP contribution in [0.25, 0.3) is 0 Å². The topological polar surface area (TPSA) is 12.0 Å². The van der Waals surface area contributed by atoms with Crippen molar-refractivity contribution < 1.29 is 0 Å². The van der Waals surface area contributed by atoms with Gasteiger partial charge in [0.1, 0.15) is 0 Å². The van der Waals surface area contributed by atoms with E-state index in [2.05, 4.69) is 73.9 Å². The highest BCUT2D eigenvalue weighted by molar-refractivity contribution is 5.38. The van der Waals surface area contributed by atoms with Gasteiger partial charge in [-0.1, -0.05) is 61.0 Å². The van der Waals surface area contributed by atoms with Crippen molar-refractivity contribution in [2.45, 2.75) is 37.6 Å². The van der Waals surface area contributed by atoms with Crippen LogP contribution >= 0.6 is 0 Å². The summed E-state index contributed by atoms with van der Waals surface area (Å²) in [5.74, 6) is 0. The molecule has 0 amide bonds. The lowest BCUT2D eigenvalue weighted by atomic mass is 9.58. The molecule has 2 aromatic rings. The van der Waals surface area contributed by atoms with E-state index in [1.807, 2.05) is 0 Å². The van der Waals surface area contributed by atoms with Gasteiger partial charge in [0.2, 0.25) is 0 Å². The smallest absolute Gasteiger partial charge is 0.0418 e. The first-order valence-electron chi connectivity index (χ1n) is 7.56. The molecule has 1 aliphatic rings. The van der Waals surface area contributed by atoms with Crippen LogP contribution in [-0.2, 0) is 5.41 Å². The van der Waals surface area contributed by atoms with Crippen molar-refractivity contribution in [1.29, 1.82) is 0 Å². The van der Waals surface area contributed by atoms with Gasteiger partial charge in [-0.05, 0) is 43.5 Å². The third-order valence-corrected chi connectivity index (χ3v) is 4.94. The van der Waals surface area contributed by atoms with Crippen LogP contribution in [0.5, 0.6) is 0 Å². The molecule has 20 heavy (non-hydrogen) atoms. The monoisotopic (exact) mass is 265 g/mol. The molecule has 1 aliphatic carbocycles. The van der Waals surface area contributed by atoms with Gasteiger partial charge in [-0.15, -0.1) is 0 Å². The maximum absolute atomic E-state index is 3.60. The third-order valence-electron chi connectivity index (χ3n) is 4.94. The first-order valence-corrected chi connectivity index (χ1v) is 7.56. The first kappa shape index (κ1) is 13.4. The zero-order valence-corrected chi connectivity index (χ0v) is 12.4. The average Bonchev–Trinajstić information content (AvgIpc) is 2.45. The molecular formula is C19H23N. The second kappa shape index (κ2) is 5.41. The molecule has 0 radical (unpaired) electrons. The molecule has 1 nitrogen and oxygen atoms in total. The summed E-state index contributed by atoms with van der Waals surface area (Å²) in [4.78, 5) is 0. The molecule has 0 saturated heterocycles. The normalized spacial score (nSPS) is 18.3. The quantitative estimate of drug-likeness (QED) is 0.865. The molecule has 104 valence electrons. The molecule has 0 aromatic heterocycles. The molecule has 1 N–H and O–H groups in total. The lowest BCUT2D eigenvalue weighted by Crippen LogP contribution is -2.46. The average molecular weight is 265 g/mol. The minimum atomic E-state index is 0.266. The maximum Gasteiger partial charge on any atom is 0.0418 e. The van der Waals surface area contributed by atoms with E-state index in [0.717, 1.165) is 0 Å². The Hall–Kier alpha value is -1.60. The van der Waals surface area contributed by atoms with Crippen molar-refractivity contribution in [1.82, 2.24) is 5.32 Å². The van der Waals surface area contributed by atoms with E-state index >= 15 is 0 Å². The second-order valence-corrected chi connectivity index (χ2v) is 5.95. The van der Waals surface area contributed by atoms with Crippen LogP contribution in [0.4, 0.5) is 0 Å². The molecule has 1 saturated carbocycles. The van der Waals surface area contributed by atoms with E-state index in [1.165, 1.54) is 36.0 Å². The van der Waals surface area contributed by atoms with E-state index in [1.54, 1.807) is 0 Å². The standard InChI is InChI=1S/C19H23N/c1-15-9-6-7-12-17(15)18(20-2)19(13-8-14-19)16-10-4-3-5-11-16/h3-7,9-12,18,20H,8,13-14H2,1-2H3. The number of rotatable bonds is 4. The van der Waals surface area contributed by atoms with Gasteiger partial charge < -0.3 is 5.32 Å². The van der Waals surface area contributed by atoms with Crippen LogP contribution in [-0.4, -0.2) is 7.05 Å². The molecule has 0 bridgehead atoms. The Morgan fingerprint density at radius 1 is 0.950 bits per heavy atom. The van der Waals surface area contributed by atoms with E-state index in [0.29, 0.717) is 6.04 Å². The second-order valence-electron chi connectivity index (χ2n) is 5.95. The Balaban J connectivity index is 2.05. The number of hydrogen-bond donors (Lipinski definition) is 1. The number of hydrogen-bond acceptors (Lipinski definition) is 1. The lowest BCUT2D eigenvalue weighted by molar-refractivity contribution is 0.175. The van der Waals surface area contributed by atoms with Crippen LogP contribution in [0.15, 0.2) is 54.6 Å². The molecule has 0 spiro atoms. The fourth-order valence-corrected chi connectivity index (χ4v) is 3.71. The third kappa shape index (κ3) is 2.06. The highest BCUT2D eigenvalue weighted by atomic mass is 14.9. The zero-order valence-electron chi connectivity index (χ0n) is 12.4. The van der Waals surface area contributed by atoms with Crippen molar-refractivity contribution in [3.63, 3.8) is 0 Å². The molecule has 1 atom stereocenters. The number of benzene rings is 2. The Kier molecular flexibility index (Phi) is 3.62. The highest BCUT2D eigenvalue weighted by Crippen LogP contribution is 2.52. The van der Waals surface area contributed by atoms with Crippen molar-refractivity contribution in [3.8, 4) is 0 Å². The summed E-state index contributed by atoms with van der Waals surface area (Å²) < 4.78 is 0. The summed E-state index contributed by atoms with van der Waals surface area (Å²) in [5, 5.41) is 3.60. The predicted octanol–water partition coefficient (Wildman–Crippen LogP) is 4.38. The summed E-state index contributed by atoms with van der Waals surface area (Å²) in [6.45, 7) is 2.22. The fraction of sp³-hybridized carbons (Fsp3) is 0.368. The lowest BCUT2D eigenvalue weighted by Gasteiger charge is -2.49. The Labute approximate surface area is 122 Å². The minimum Gasteiger partial charge on any atom is -0.312 e. The van der Waals surface area contributed by atoms with Gasteiger partial charge in [0.15, 0.2) is 0 Å². The van der Waals surface area contributed by atoms with Crippen LogP contribution in [0.2, 0.25) is 0 Å². The van der Waals surface area contributed by atoms with Crippen molar-refractivity contribution in [2.24, 2.45) is 0 Å².